The SMILES string of the molecule is CC(=O)NCCCCc1ccc(OCc2cccc(-c3ccccc3)c2C)cc1OCc1cc(C)cc(C(F)(F)F)c1. The third-order valence-corrected chi connectivity index (χ3v) is 7.07. The van der Waals surface area contributed by atoms with Crippen molar-refractivity contribution in [3.05, 3.63) is 118 Å². The van der Waals surface area contributed by atoms with E-state index in [1.807, 2.05) is 42.5 Å². The summed E-state index contributed by atoms with van der Waals surface area (Å²) >= 11 is 0. The van der Waals surface area contributed by atoms with Crippen molar-refractivity contribution in [2.75, 3.05) is 6.54 Å². The Morgan fingerprint density at radius 2 is 1.60 bits per heavy atom. The predicted octanol–water partition coefficient (Wildman–Crippen LogP) is 8.61. The molecular weight excluding hydrogens is 539 g/mol. The Hall–Kier alpha value is -4.26. The highest BCUT2D eigenvalue weighted by molar-refractivity contribution is 5.72. The van der Waals surface area contributed by atoms with E-state index < -0.39 is 11.7 Å². The van der Waals surface area contributed by atoms with Gasteiger partial charge in [0.05, 0.1) is 5.56 Å². The van der Waals surface area contributed by atoms with Crippen LogP contribution < -0.4 is 14.8 Å². The molecule has 1 amide bonds. The van der Waals surface area contributed by atoms with Gasteiger partial charge in [-0.25, -0.2) is 0 Å². The Morgan fingerprint density at radius 3 is 2.33 bits per heavy atom. The lowest BCUT2D eigenvalue weighted by Gasteiger charge is -2.16. The van der Waals surface area contributed by atoms with Crippen molar-refractivity contribution in [2.24, 2.45) is 0 Å². The smallest absolute Gasteiger partial charge is 0.416 e. The fraction of sp³-hybridized carbons (Fsp3) is 0.286. The Labute approximate surface area is 245 Å². The van der Waals surface area contributed by atoms with E-state index in [9.17, 15) is 18.0 Å². The van der Waals surface area contributed by atoms with Crippen molar-refractivity contribution in [1.82, 2.24) is 5.32 Å². The van der Waals surface area contributed by atoms with Crippen LogP contribution in [0.5, 0.6) is 11.5 Å². The topological polar surface area (TPSA) is 47.6 Å². The van der Waals surface area contributed by atoms with Gasteiger partial charge >= 0.3 is 6.18 Å². The monoisotopic (exact) mass is 575 g/mol. The Bertz CT molecular complexity index is 1500. The van der Waals surface area contributed by atoms with Gasteiger partial charge < -0.3 is 14.8 Å². The van der Waals surface area contributed by atoms with Gasteiger partial charge in [0.2, 0.25) is 5.91 Å². The van der Waals surface area contributed by atoms with Crippen molar-refractivity contribution < 1.29 is 27.4 Å². The van der Waals surface area contributed by atoms with Crippen LogP contribution in [0, 0.1) is 13.8 Å². The molecule has 1 N–H and O–H groups in total. The first-order chi connectivity index (χ1) is 20.1. The van der Waals surface area contributed by atoms with Crippen LogP contribution in [0.2, 0.25) is 0 Å². The van der Waals surface area contributed by atoms with Gasteiger partial charge in [-0.3, -0.25) is 4.79 Å². The number of alkyl halides is 3. The van der Waals surface area contributed by atoms with Crippen LogP contribution in [0.1, 0.15) is 53.1 Å². The van der Waals surface area contributed by atoms with Crippen LogP contribution in [-0.2, 0) is 30.6 Å². The fourth-order valence-electron chi connectivity index (χ4n) is 4.87. The first-order valence-electron chi connectivity index (χ1n) is 14.0. The van der Waals surface area contributed by atoms with Crippen molar-refractivity contribution >= 4 is 5.91 Å². The van der Waals surface area contributed by atoms with E-state index in [4.69, 9.17) is 9.47 Å². The lowest BCUT2D eigenvalue weighted by Crippen LogP contribution is -2.20. The molecule has 0 bridgehead atoms. The molecular formula is C35H36F3NO3. The molecule has 4 aromatic carbocycles. The van der Waals surface area contributed by atoms with Gasteiger partial charge in [0.1, 0.15) is 24.7 Å². The third-order valence-electron chi connectivity index (χ3n) is 7.07. The van der Waals surface area contributed by atoms with Crippen LogP contribution >= 0.6 is 0 Å². The molecule has 0 aromatic heterocycles. The lowest BCUT2D eigenvalue weighted by molar-refractivity contribution is -0.137. The molecule has 4 nitrogen and oxygen atoms in total. The molecule has 4 rings (SSSR count). The zero-order valence-electron chi connectivity index (χ0n) is 24.2. The average molecular weight is 576 g/mol. The number of unbranched alkanes of at least 4 members (excludes halogenated alkanes) is 1. The Balaban J connectivity index is 1.51. The first-order valence-corrected chi connectivity index (χ1v) is 14.0. The molecule has 4 aromatic rings. The largest absolute Gasteiger partial charge is 0.489 e. The van der Waals surface area contributed by atoms with Gasteiger partial charge in [-0.15, -0.1) is 0 Å². The number of carbonyl (C=O) groups excluding carboxylic acids is 1. The fourth-order valence-corrected chi connectivity index (χ4v) is 4.87. The van der Waals surface area contributed by atoms with E-state index in [2.05, 4.69) is 30.4 Å². The molecule has 0 heterocycles. The second-order valence-electron chi connectivity index (χ2n) is 10.4. The summed E-state index contributed by atoms with van der Waals surface area (Å²) in [5.74, 6) is 1.11. The van der Waals surface area contributed by atoms with Crippen molar-refractivity contribution in [2.45, 2.75) is 59.4 Å². The number of benzene rings is 4. The molecule has 0 aliphatic rings. The number of nitrogens with one attached hydrogen (secondary N) is 1. The summed E-state index contributed by atoms with van der Waals surface area (Å²) in [6.45, 7) is 6.14. The van der Waals surface area contributed by atoms with Crippen LogP contribution in [0.4, 0.5) is 13.2 Å². The number of aryl methyl sites for hydroxylation is 2. The van der Waals surface area contributed by atoms with E-state index >= 15 is 0 Å². The quantitative estimate of drug-likeness (QED) is 0.172. The van der Waals surface area contributed by atoms with Gasteiger partial charge in [-0.05, 0) is 84.7 Å². The third kappa shape index (κ3) is 8.62. The van der Waals surface area contributed by atoms with E-state index in [-0.39, 0.29) is 12.5 Å². The Morgan fingerprint density at radius 1 is 0.810 bits per heavy atom. The summed E-state index contributed by atoms with van der Waals surface area (Å²) in [6, 6.07) is 25.9. The molecule has 0 radical (unpaired) electrons. The standard InChI is InChI=1S/C35H36F3NO3/c1-24-18-27(20-31(19-24)35(36,37)38)22-42-34-21-32(16-15-29(34)12-7-8-17-39-26(3)40)41-23-30-13-9-14-33(25(30)2)28-10-5-4-6-11-28/h4-6,9-11,13-16,18-21H,7-8,12,17,22-23H2,1-3H3,(H,39,40). The number of ether oxygens (including phenoxy) is 2. The molecule has 0 saturated carbocycles. The van der Waals surface area contributed by atoms with Gasteiger partial charge in [0.15, 0.2) is 0 Å². The van der Waals surface area contributed by atoms with E-state index in [0.717, 1.165) is 52.8 Å². The van der Waals surface area contributed by atoms with Crippen LogP contribution in [0.25, 0.3) is 11.1 Å². The van der Waals surface area contributed by atoms with E-state index in [1.165, 1.54) is 6.92 Å². The zero-order chi connectivity index (χ0) is 30.1. The first kappa shape index (κ1) is 30.7. The zero-order valence-corrected chi connectivity index (χ0v) is 24.2. The van der Waals surface area contributed by atoms with Crippen molar-refractivity contribution in [3.63, 3.8) is 0 Å². The molecule has 0 spiro atoms. The summed E-state index contributed by atoms with van der Waals surface area (Å²) in [6.07, 6.45) is -2.13. The summed E-state index contributed by atoms with van der Waals surface area (Å²) in [4.78, 5) is 11.2. The second-order valence-corrected chi connectivity index (χ2v) is 10.4. The molecule has 42 heavy (non-hydrogen) atoms. The van der Waals surface area contributed by atoms with Gasteiger partial charge in [0.25, 0.3) is 0 Å². The van der Waals surface area contributed by atoms with Gasteiger partial charge in [-0.1, -0.05) is 66.2 Å². The number of carbonyl (C=O) groups is 1. The van der Waals surface area contributed by atoms with E-state index in [1.54, 1.807) is 19.1 Å². The molecule has 0 unspecified atom stereocenters. The minimum atomic E-state index is -4.43. The molecule has 7 heteroatoms. The lowest BCUT2D eigenvalue weighted by atomic mass is 9.97. The van der Waals surface area contributed by atoms with Gasteiger partial charge in [-0.2, -0.15) is 13.2 Å². The number of halogens is 3. The predicted molar refractivity (Wildman–Crippen MR) is 160 cm³/mol. The minimum absolute atomic E-state index is 0.00860. The van der Waals surface area contributed by atoms with Crippen LogP contribution in [0.15, 0.2) is 84.9 Å². The maximum absolute atomic E-state index is 13.4. The summed E-state index contributed by atoms with van der Waals surface area (Å²) in [5, 5.41) is 2.79. The highest BCUT2D eigenvalue weighted by Gasteiger charge is 2.30. The van der Waals surface area contributed by atoms with Crippen molar-refractivity contribution in [1.29, 1.82) is 0 Å². The molecule has 0 saturated heterocycles. The number of hydrogen-bond donors (Lipinski definition) is 1. The molecule has 220 valence electrons. The normalized spacial score (nSPS) is 11.3. The number of rotatable bonds is 12. The number of hydrogen-bond acceptors (Lipinski definition) is 3. The van der Waals surface area contributed by atoms with Gasteiger partial charge in [0, 0.05) is 19.5 Å². The Kier molecular flexibility index (Phi) is 10.3. The summed E-state index contributed by atoms with van der Waals surface area (Å²) < 4.78 is 52.4. The summed E-state index contributed by atoms with van der Waals surface area (Å²) in [5.41, 5.74) is 5.68. The molecule has 0 fully saturated rings. The highest BCUT2D eigenvalue weighted by atomic mass is 19.4. The molecule has 0 atom stereocenters. The number of amides is 1. The maximum Gasteiger partial charge on any atom is 0.416 e. The van der Waals surface area contributed by atoms with Crippen LogP contribution in [0.3, 0.4) is 0 Å². The average Bonchev–Trinajstić information content (AvgIpc) is 2.95. The highest BCUT2D eigenvalue weighted by Crippen LogP contribution is 2.32. The second kappa shape index (κ2) is 14.1. The molecule has 0 aliphatic carbocycles. The van der Waals surface area contributed by atoms with Crippen LogP contribution in [-0.4, -0.2) is 12.5 Å². The van der Waals surface area contributed by atoms with E-state index in [0.29, 0.717) is 42.2 Å². The molecule has 0 aliphatic heterocycles. The summed E-state index contributed by atoms with van der Waals surface area (Å²) in [7, 11) is 0. The minimum Gasteiger partial charge on any atom is -0.489 e. The van der Waals surface area contributed by atoms with Crippen molar-refractivity contribution in [3.8, 4) is 22.6 Å². The maximum atomic E-state index is 13.4.